The van der Waals surface area contributed by atoms with Gasteiger partial charge in [0, 0.05) is 26.7 Å². The molecule has 27 heavy (non-hydrogen) atoms. The Morgan fingerprint density at radius 1 is 1.11 bits per heavy atom. The first kappa shape index (κ1) is 21.1. The van der Waals surface area contributed by atoms with Crippen LogP contribution in [-0.4, -0.2) is 29.1 Å². The number of aryl methyl sites for hydroxylation is 2. The number of hydrogen-bond acceptors (Lipinski definition) is 2. The van der Waals surface area contributed by atoms with Crippen LogP contribution in [0.5, 0.6) is 0 Å². The Labute approximate surface area is 176 Å². The molecule has 0 unspecified atom stereocenters. The summed E-state index contributed by atoms with van der Waals surface area (Å²) >= 11 is 0. The van der Waals surface area contributed by atoms with Crippen LogP contribution in [0.15, 0.2) is 53.5 Å². The Morgan fingerprint density at radius 2 is 1.85 bits per heavy atom. The van der Waals surface area contributed by atoms with Gasteiger partial charge in [-0.15, -0.1) is 24.0 Å². The molecule has 0 radical (unpaired) electrons. The van der Waals surface area contributed by atoms with E-state index in [9.17, 15) is 4.39 Å². The summed E-state index contributed by atoms with van der Waals surface area (Å²) < 4.78 is 15.2. The summed E-state index contributed by atoms with van der Waals surface area (Å²) in [5.74, 6) is 1.55. The van der Waals surface area contributed by atoms with Crippen molar-refractivity contribution < 1.29 is 4.39 Å². The zero-order valence-electron chi connectivity index (χ0n) is 15.6. The monoisotopic (exact) mass is 481 g/mol. The quantitative estimate of drug-likeness (QED) is 0.244. The Kier molecular flexibility index (Phi) is 8.02. The van der Waals surface area contributed by atoms with Crippen LogP contribution in [0.1, 0.15) is 17.8 Å². The average molecular weight is 481 g/mol. The van der Waals surface area contributed by atoms with Gasteiger partial charge in [-0.2, -0.15) is 0 Å². The van der Waals surface area contributed by atoms with E-state index < -0.39 is 0 Å². The normalized spacial score (nSPS) is 11.3. The summed E-state index contributed by atoms with van der Waals surface area (Å²) in [6.07, 6.45) is 0.957. The highest BCUT2D eigenvalue weighted by molar-refractivity contribution is 14.0. The molecular formula is C20H25FIN5. The number of benzene rings is 2. The fraction of sp³-hybridized carbons (Fsp3) is 0.300. The van der Waals surface area contributed by atoms with Crippen molar-refractivity contribution in [3.05, 3.63) is 65.7 Å². The number of para-hydroxylation sites is 2. The first-order valence-corrected chi connectivity index (χ1v) is 8.78. The number of aliphatic imine (C=N–C) groups is 1. The maximum Gasteiger partial charge on any atom is 0.191 e. The Bertz CT molecular complexity index is 889. The van der Waals surface area contributed by atoms with Crippen molar-refractivity contribution in [2.75, 3.05) is 13.6 Å². The molecule has 3 rings (SSSR count). The van der Waals surface area contributed by atoms with E-state index in [0.29, 0.717) is 6.54 Å². The molecule has 0 bridgehead atoms. The highest BCUT2D eigenvalue weighted by Gasteiger charge is 2.06. The van der Waals surface area contributed by atoms with Gasteiger partial charge in [0.25, 0.3) is 0 Å². The van der Waals surface area contributed by atoms with Crippen molar-refractivity contribution >= 4 is 41.0 Å². The van der Waals surface area contributed by atoms with Crippen LogP contribution in [0.25, 0.3) is 11.0 Å². The molecule has 0 aliphatic carbocycles. The number of aromatic nitrogens is 2. The minimum absolute atomic E-state index is 0. The molecule has 0 amide bonds. The van der Waals surface area contributed by atoms with Crippen molar-refractivity contribution in [3.63, 3.8) is 0 Å². The lowest BCUT2D eigenvalue weighted by molar-refractivity contribution is 0.623. The van der Waals surface area contributed by atoms with E-state index in [1.807, 2.05) is 25.1 Å². The van der Waals surface area contributed by atoms with Gasteiger partial charge in [-0.25, -0.2) is 9.37 Å². The topological polar surface area (TPSA) is 54.2 Å². The fourth-order valence-corrected chi connectivity index (χ4v) is 2.93. The van der Waals surface area contributed by atoms with Crippen molar-refractivity contribution in [3.8, 4) is 0 Å². The molecule has 0 saturated heterocycles. The molecule has 5 nitrogen and oxygen atoms in total. The summed E-state index contributed by atoms with van der Waals surface area (Å²) in [6.45, 7) is 4.34. The molecule has 1 heterocycles. The maximum absolute atomic E-state index is 12.9. The molecule has 2 N–H and O–H groups in total. The van der Waals surface area contributed by atoms with E-state index in [4.69, 9.17) is 0 Å². The Balaban J connectivity index is 0.00000261. The lowest BCUT2D eigenvalue weighted by Crippen LogP contribution is -2.37. The van der Waals surface area contributed by atoms with Crippen LogP contribution in [0.3, 0.4) is 0 Å². The third-order valence-corrected chi connectivity index (χ3v) is 4.29. The number of nitrogens with one attached hydrogen (secondary N) is 2. The van der Waals surface area contributed by atoms with Gasteiger partial charge < -0.3 is 15.2 Å². The molecular weight excluding hydrogens is 456 g/mol. The van der Waals surface area contributed by atoms with Gasteiger partial charge in [0.2, 0.25) is 0 Å². The summed E-state index contributed by atoms with van der Waals surface area (Å²) in [5.41, 5.74) is 3.22. The van der Waals surface area contributed by atoms with Crippen molar-refractivity contribution in [1.29, 1.82) is 0 Å². The first-order chi connectivity index (χ1) is 12.7. The van der Waals surface area contributed by atoms with Crippen LogP contribution >= 0.6 is 24.0 Å². The van der Waals surface area contributed by atoms with E-state index in [-0.39, 0.29) is 29.8 Å². The Hall–Kier alpha value is -2.16. The smallest absolute Gasteiger partial charge is 0.191 e. The van der Waals surface area contributed by atoms with Crippen LogP contribution in [0.4, 0.5) is 4.39 Å². The van der Waals surface area contributed by atoms with Crippen LogP contribution in [0, 0.1) is 12.7 Å². The minimum Gasteiger partial charge on any atom is -0.356 e. The lowest BCUT2D eigenvalue weighted by Gasteiger charge is -2.13. The molecule has 0 fully saturated rings. The summed E-state index contributed by atoms with van der Waals surface area (Å²) in [7, 11) is 1.74. The molecule has 3 aromatic rings. The van der Waals surface area contributed by atoms with E-state index in [2.05, 4.69) is 31.2 Å². The van der Waals surface area contributed by atoms with E-state index in [1.165, 1.54) is 17.6 Å². The largest absolute Gasteiger partial charge is 0.356 e. The number of hydrogen-bond donors (Lipinski definition) is 2. The second kappa shape index (κ2) is 10.2. The molecule has 0 saturated carbocycles. The number of halogens is 2. The molecule has 7 heteroatoms. The van der Waals surface area contributed by atoms with Gasteiger partial charge in [-0.1, -0.05) is 24.3 Å². The third kappa shape index (κ3) is 5.66. The third-order valence-electron chi connectivity index (χ3n) is 4.29. The number of nitrogens with zero attached hydrogens (tertiary/aromatic N) is 3. The average Bonchev–Trinajstić information content (AvgIpc) is 2.98. The molecule has 0 aliphatic heterocycles. The van der Waals surface area contributed by atoms with Crippen LogP contribution in [-0.2, 0) is 13.1 Å². The first-order valence-electron chi connectivity index (χ1n) is 8.78. The second-order valence-corrected chi connectivity index (χ2v) is 6.13. The van der Waals surface area contributed by atoms with Gasteiger partial charge >= 0.3 is 0 Å². The number of fused-ring (bicyclic) bond motifs is 1. The molecule has 2 aromatic carbocycles. The predicted molar refractivity (Wildman–Crippen MR) is 119 cm³/mol. The highest BCUT2D eigenvalue weighted by atomic mass is 127. The van der Waals surface area contributed by atoms with Crippen LogP contribution < -0.4 is 10.6 Å². The number of guanidine groups is 1. The van der Waals surface area contributed by atoms with E-state index in [1.54, 1.807) is 19.2 Å². The second-order valence-electron chi connectivity index (χ2n) is 6.13. The Morgan fingerprint density at radius 3 is 2.59 bits per heavy atom. The van der Waals surface area contributed by atoms with Gasteiger partial charge in [-0.3, -0.25) is 4.99 Å². The van der Waals surface area contributed by atoms with Gasteiger partial charge in [0.15, 0.2) is 5.96 Å². The number of rotatable bonds is 6. The molecule has 1 aromatic heterocycles. The van der Waals surface area contributed by atoms with Crippen molar-refractivity contribution in [2.45, 2.75) is 26.4 Å². The van der Waals surface area contributed by atoms with Gasteiger partial charge in [0.1, 0.15) is 11.6 Å². The lowest BCUT2D eigenvalue weighted by atomic mass is 10.2. The van der Waals surface area contributed by atoms with Gasteiger partial charge in [0.05, 0.1) is 11.0 Å². The molecule has 144 valence electrons. The summed E-state index contributed by atoms with van der Waals surface area (Å²) in [6, 6.07) is 14.7. The van der Waals surface area contributed by atoms with Gasteiger partial charge in [-0.05, 0) is 43.2 Å². The zero-order valence-corrected chi connectivity index (χ0v) is 17.9. The predicted octanol–water partition coefficient (Wildman–Crippen LogP) is 3.86. The number of imidazole rings is 1. The molecule has 0 spiro atoms. The standard InChI is InChI=1S/C20H24FN5.HI/c1-15-25-18-6-3-4-7-19(18)26(15)13-5-12-23-20(22-2)24-14-16-8-10-17(21)11-9-16;/h3-4,6-11H,5,12-14H2,1-2H3,(H2,22,23,24);1H. The van der Waals surface area contributed by atoms with E-state index in [0.717, 1.165) is 42.4 Å². The summed E-state index contributed by atoms with van der Waals surface area (Å²) in [5, 5.41) is 6.55. The SMILES string of the molecule is CN=C(NCCCn1c(C)nc2ccccc21)NCc1ccc(F)cc1.I. The summed E-state index contributed by atoms with van der Waals surface area (Å²) in [4.78, 5) is 8.82. The highest BCUT2D eigenvalue weighted by Crippen LogP contribution is 2.15. The van der Waals surface area contributed by atoms with E-state index >= 15 is 0 Å². The maximum atomic E-state index is 12.9. The molecule has 0 atom stereocenters. The van der Waals surface area contributed by atoms with Crippen molar-refractivity contribution in [1.82, 2.24) is 20.2 Å². The van der Waals surface area contributed by atoms with Crippen LogP contribution in [0.2, 0.25) is 0 Å². The minimum atomic E-state index is -0.224. The van der Waals surface area contributed by atoms with Crippen molar-refractivity contribution in [2.24, 2.45) is 4.99 Å². The fourth-order valence-electron chi connectivity index (χ4n) is 2.93. The molecule has 0 aliphatic rings. The zero-order chi connectivity index (χ0) is 18.4.